The van der Waals surface area contributed by atoms with E-state index in [1.165, 1.54) is 51.7 Å². The van der Waals surface area contributed by atoms with Crippen LogP contribution in [0.25, 0.3) is 0 Å². The monoisotopic (exact) mass is 388 g/mol. The third-order valence-electron chi connectivity index (χ3n) is 6.35. The summed E-state index contributed by atoms with van der Waals surface area (Å²) in [5.74, 6) is 2.63. The molecule has 3 heterocycles. The molecule has 0 bridgehead atoms. The molecule has 0 amide bonds. The Balaban J connectivity index is 1.48. The maximum absolute atomic E-state index is 4.96. The molecule has 2 aliphatic rings. The Hall–Kier alpha value is -1.56. The average molecular weight is 389 g/mol. The van der Waals surface area contributed by atoms with Gasteiger partial charge >= 0.3 is 0 Å². The summed E-state index contributed by atoms with van der Waals surface area (Å²) in [6.45, 7) is 14.7. The van der Waals surface area contributed by atoms with Crippen molar-refractivity contribution >= 4 is 5.96 Å². The van der Waals surface area contributed by atoms with E-state index >= 15 is 0 Å². The number of aromatic nitrogens is 2. The number of aliphatic imine (C=N–C) groups is 1. The molecule has 2 aliphatic heterocycles. The number of unbranched alkanes of at least 4 members (excludes halogenated alkanes) is 1. The molecule has 3 atom stereocenters. The Morgan fingerprint density at radius 2 is 2.07 bits per heavy atom. The minimum atomic E-state index is 0.473. The van der Waals surface area contributed by atoms with E-state index in [1.54, 1.807) is 0 Å². The van der Waals surface area contributed by atoms with Gasteiger partial charge < -0.3 is 19.7 Å². The van der Waals surface area contributed by atoms with E-state index in [9.17, 15) is 0 Å². The molecule has 1 N–H and O–H groups in total. The zero-order chi connectivity index (χ0) is 19.8. The molecule has 1 aromatic rings. The Morgan fingerprint density at radius 3 is 2.82 bits per heavy atom. The number of piperidine rings is 2. The van der Waals surface area contributed by atoms with Crippen LogP contribution in [0, 0.1) is 11.8 Å². The van der Waals surface area contributed by atoms with E-state index in [-0.39, 0.29) is 0 Å². The van der Waals surface area contributed by atoms with Gasteiger partial charge in [0.1, 0.15) is 0 Å². The average Bonchev–Trinajstić information content (AvgIpc) is 3.22. The second kappa shape index (κ2) is 10.8. The first-order valence-corrected chi connectivity index (χ1v) is 11.4. The lowest BCUT2D eigenvalue weighted by Gasteiger charge is -2.39. The lowest BCUT2D eigenvalue weighted by Crippen LogP contribution is -2.49. The number of likely N-dealkylation sites (tertiary alicyclic amines) is 2. The van der Waals surface area contributed by atoms with Gasteiger partial charge in [0, 0.05) is 45.1 Å². The number of hydrogen-bond donors (Lipinski definition) is 1. The molecule has 3 rings (SSSR count). The fraction of sp³-hybridized carbons (Fsp3) is 0.818. The van der Waals surface area contributed by atoms with E-state index < -0.39 is 0 Å². The van der Waals surface area contributed by atoms with E-state index in [2.05, 4.69) is 51.6 Å². The van der Waals surface area contributed by atoms with Crippen molar-refractivity contribution in [3.05, 3.63) is 18.7 Å². The van der Waals surface area contributed by atoms with Crippen molar-refractivity contribution in [2.45, 2.75) is 58.9 Å². The summed E-state index contributed by atoms with van der Waals surface area (Å²) in [7, 11) is 0. The maximum Gasteiger partial charge on any atom is 0.193 e. The van der Waals surface area contributed by atoms with Crippen molar-refractivity contribution in [2.75, 3.05) is 45.8 Å². The first kappa shape index (κ1) is 21.2. The van der Waals surface area contributed by atoms with Crippen molar-refractivity contribution in [3.63, 3.8) is 0 Å². The van der Waals surface area contributed by atoms with Gasteiger partial charge in [-0.1, -0.05) is 13.8 Å². The standard InChI is InChI=1S/C22H40N6/c1-4-24-22(25-10-5-6-12-26-13-7-8-19(2)16-26)27-14-9-20(3)21(17-27)28-15-11-23-18-28/h11,15,18-21H,4-10,12-14,16-17H2,1-3H3,(H,24,25). The summed E-state index contributed by atoms with van der Waals surface area (Å²) in [6, 6.07) is 0.473. The largest absolute Gasteiger partial charge is 0.357 e. The van der Waals surface area contributed by atoms with Crippen molar-refractivity contribution in [1.82, 2.24) is 24.7 Å². The fourth-order valence-electron chi connectivity index (χ4n) is 4.64. The highest BCUT2D eigenvalue weighted by molar-refractivity contribution is 5.80. The van der Waals surface area contributed by atoms with Crippen LogP contribution in [0.3, 0.4) is 0 Å². The molecule has 6 nitrogen and oxygen atoms in total. The number of hydrogen-bond acceptors (Lipinski definition) is 3. The lowest BCUT2D eigenvalue weighted by molar-refractivity contribution is 0.181. The van der Waals surface area contributed by atoms with Crippen LogP contribution in [0.4, 0.5) is 0 Å². The number of rotatable bonds is 7. The first-order valence-electron chi connectivity index (χ1n) is 11.4. The molecule has 28 heavy (non-hydrogen) atoms. The summed E-state index contributed by atoms with van der Waals surface area (Å²) in [6.07, 6.45) is 12.3. The van der Waals surface area contributed by atoms with E-state index in [4.69, 9.17) is 4.99 Å². The van der Waals surface area contributed by atoms with Gasteiger partial charge in [-0.15, -0.1) is 0 Å². The smallest absolute Gasteiger partial charge is 0.193 e. The van der Waals surface area contributed by atoms with Gasteiger partial charge in [0.2, 0.25) is 0 Å². The highest BCUT2D eigenvalue weighted by Gasteiger charge is 2.28. The van der Waals surface area contributed by atoms with Gasteiger partial charge in [0.25, 0.3) is 0 Å². The topological polar surface area (TPSA) is 48.7 Å². The fourth-order valence-corrected chi connectivity index (χ4v) is 4.64. The zero-order valence-electron chi connectivity index (χ0n) is 18.2. The lowest BCUT2D eigenvalue weighted by atomic mass is 9.93. The van der Waals surface area contributed by atoms with Crippen molar-refractivity contribution in [3.8, 4) is 0 Å². The van der Waals surface area contributed by atoms with Gasteiger partial charge in [-0.2, -0.15) is 0 Å². The quantitative estimate of drug-likeness (QED) is 0.443. The third kappa shape index (κ3) is 5.97. The first-order chi connectivity index (χ1) is 13.7. The van der Waals surface area contributed by atoms with Crippen LogP contribution in [-0.2, 0) is 0 Å². The number of imidazole rings is 1. The summed E-state index contributed by atoms with van der Waals surface area (Å²) < 4.78 is 2.26. The van der Waals surface area contributed by atoms with Crippen LogP contribution >= 0.6 is 0 Å². The Bertz CT molecular complexity index is 584. The molecule has 0 saturated carbocycles. The van der Waals surface area contributed by atoms with Crippen LogP contribution in [0.5, 0.6) is 0 Å². The molecular formula is C22H40N6. The van der Waals surface area contributed by atoms with Crippen LogP contribution in [0.2, 0.25) is 0 Å². The molecule has 2 saturated heterocycles. The maximum atomic E-state index is 4.96. The third-order valence-corrected chi connectivity index (χ3v) is 6.35. The minimum absolute atomic E-state index is 0.473. The van der Waals surface area contributed by atoms with Gasteiger partial charge in [-0.25, -0.2) is 4.98 Å². The van der Waals surface area contributed by atoms with E-state index in [1.807, 2.05) is 12.5 Å². The summed E-state index contributed by atoms with van der Waals surface area (Å²) >= 11 is 0. The van der Waals surface area contributed by atoms with Crippen LogP contribution in [0.1, 0.15) is 58.9 Å². The van der Waals surface area contributed by atoms with Crippen molar-refractivity contribution < 1.29 is 0 Å². The minimum Gasteiger partial charge on any atom is -0.357 e. The second-order valence-electron chi connectivity index (χ2n) is 8.78. The molecule has 3 unspecified atom stereocenters. The van der Waals surface area contributed by atoms with Crippen molar-refractivity contribution in [1.29, 1.82) is 0 Å². The van der Waals surface area contributed by atoms with Gasteiger partial charge in [-0.05, 0) is 64.0 Å². The highest BCUT2D eigenvalue weighted by Crippen LogP contribution is 2.27. The SMILES string of the molecule is CCNC(=NCCCCN1CCCC(C)C1)N1CCC(C)C(n2ccnc2)C1. The summed E-state index contributed by atoms with van der Waals surface area (Å²) in [5, 5.41) is 3.52. The van der Waals surface area contributed by atoms with Crippen LogP contribution in [0.15, 0.2) is 23.7 Å². The number of nitrogens with one attached hydrogen (secondary N) is 1. The Kier molecular flexibility index (Phi) is 8.19. The van der Waals surface area contributed by atoms with E-state index in [0.717, 1.165) is 38.1 Å². The van der Waals surface area contributed by atoms with E-state index in [0.29, 0.717) is 12.0 Å². The van der Waals surface area contributed by atoms with Gasteiger partial charge in [0.05, 0.1) is 12.4 Å². The molecule has 0 radical (unpaired) electrons. The highest BCUT2D eigenvalue weighted by atomic mass is 15.3. The van der Waals surface area contributed by atoms with Gasteiger partial charge in [-0.3, -0.25) is 4.99 Å². The molecule has 6 heteroatoms. The molecular weight excluding hydrogens is 348 g/mol. The van der Waals surface area contributed by atoms with Crippen molar-refractivity contribution in [2.24, 2.45) is 16.8 Å². The molecule has 158 valence electrons. The predicted octanol–water partition coefficient (Wildman–Crippen LogP) is 3.24. The number of nitrogens with zero attached hydrogens (tertiary/aromatic N) is 5. The predicted molar refractivity (Wildman–Crippen MR) is 117 cm³/mol. The van der Waals surface area contributed by atoms with Crippen LogP contribution in [-0.4, -0.2) is 71.1 Å². The second-order valence-corrected chi connectivity index (χ2v) is 8.78. The molecule has 0 spiro atoms. The summed E-state index contributed by atoms with van der Waals surface area (Å²) in [4.78, 5) is 14.3. The summed E-state index contributed by atoms with van der Waals surface area (Å²) in [5.41, 5.74) is 0. The van der Waals surface area contributed by atoms with Gasteiger partial charge in [0.15, 0.2) is 5.96 Å². The Labute approximate surface area is 171 Å². The normalized spacial score (nSPS) is 27.2. The zero-order valence-corrected chi connectivity index (χ0v) is 18.2. The molecule has 0 aromatic carbocycles. The number of guanidine groups is 1. The molecule has 0 aliphatic carbocycles. The molecule has 2 fully saturated rings. The Morgan fingerprint density at radius 1 is 1.18 bits per heavy atom. The molecule has 1 aromatic heterocycles. The van der Waals surface area contributed by atoms with Crippen LogP contribution < -0.4 is 5.32 Å².